The minimum atomic E-state index is -0.302. The molecule has 0 aliphatic carbocycles. The first-order chi connectivity index (χ1) is 16.2. The van der Waals surface area contributed by atoms with E-state index in [1.165, 1.54) is 0 Å². The molecular weight excluding hydrogens is 480 g/mol. The summed E-state index contributed by atoms with van der Waals surface area (Å²) >= 11 is 3.62. The molecule has 170 valence electrons. The molecule has 5 nitrogen and oxygen atoms in total. The number of rotatable bonds is 7. The lowest BCUT2D eigenvalue weighted by Crippen LogP contribution is -2.33. The van der Waals surface area contributed by atoms with Gasteiger partial charge in [-0.2, -0.15) is 5.10 Å². The van der Waals surface area contributed by atoms with E-state index in [1.54, 1.807) is 7.11 Å². The van der Waals surface area contributed by atoms with Crippen molar-refractivity contribution in [2.75, 3.05) is 13.7 Å². The first-order valence-electron chi connectivity index (χ1n) is 11.4. The van der Waals surface area contributed by atoms with Gasteiger partial charge in [-0.15, -0.1) is 0 Å². The van der Waals surface area contributed by atoms with Crippen molar-refractivity contribution in [2.24, 2.45) is 5.10 Å². The molecule has 3 aromatic carbocycles. The number of hydrogen-bond acceptors (Lipinski definition) is 5. The summed E-state index contributed by atoms with van der Waals surface area (Å²) in [7, 11) is 1.68. The maximum atomic E-state index is 6.48. The number of ether oxygens (including phenoxy) is 3. The minimum Gasteiger partial charge on any atom is -0.497 e. The third-order valence-electron chi connectivity index (χ3n) is 6.11. The van der Waals surface area contributed by atoms with Gasteiger partial charge in [0.25, 0.3) is 0 Å². The van der Waals surface area contributed by atoms with Crippen LogP contribution in [0.15, 0.2) is 76.3 Å². The average Bonchev–Trinajstić information content (AvgIpc) is 3.30. The molecule has 0 unspecified atom stereocenters. The Hall–Kier alpha value is -2.99. The Kier molecular flexibility index (Phi) is 6.27. The van der Waals surface area contributed by atoms with Crippen molar-refractivity contribution in [3.63, 3.8) is 0 Å². The van der Waals surface area contributed by atoms with E-state index < -0.39 is 0 Å². The molecule has 0 saturated heterocycles. The third kappa shape index (κ3) is 4.44. The first-order valence-corrected chi connectivity index (χ1v) is 12.1. The second-order valence-electron chi connectivity index (χ2n) is 8.30. The molecule has 0 saturated carbocycles. The zero-order valence-corrected chi connectivity index (χ0v) is 20.4. The summed E-state index contributed by atoms with van der Waals surface area (Å²) in [6.07, 6.45) is 2.68. The lowest BCUT2D eigenvalue weighted by Gasteiger charge is -2.38. The molecule has 0 amide bonds. The summed E-state index contributed by atoms with van der Waals surface area (Å²) in [5, 5.41) is 7.14. The number of nitrogens with zero attached hydrogens (tertiary/aromatic N) is 2. The smallest absolute Gasteiger partial charge is 0.213 e. The average molecular weight is 507 g/mol. The molecule has 5 rings (SSSR count). The second kappa shape index (κ2) is 9.48. The van der Waals surface area contributed by atoms with Crippen LogP contribution >= 0.6 is 15.9 Å². The number of fused-ring (bicyclic) bond motifs is 3. The van der Waals surface area contributed by atoms with Gasteiger partial charge in [-0.3, -0.25) is 0 Å². The lowest BCUT2D eigenvalue weighted by atomic mass is 9.96. The van der Waals surface area contributed by atoms with Crippen molar-refractivity contribution < 1.29 is 14.2 Å². The molecule has 0 spiro atoms. The number of methoxy groups -OCH3 is 1. The van der Waals surface area contributed by atoms with Crippen molar-refractivity contribution in [1.29, 1.82) is 0 Å². The largest absolute Gasteiger partial charge is 0.497 e. The number of benzene rings is 3. The van der Waals surface area contributed by atoms with Crippen LogP contribution in [0.2, 0.25) is 0 Å². The van der Waals surface area contributed by atoms with Gasteiger partial charge in [-0.1, -0.05) is 29.3 Å². The summed E-state index contributed by atoms with van der Waals surface area (Å²) in [5.41, 5.74) is 4.34. The van der Waals surface area contributed by atoms with E-state index >= 15 is 0 Å². The molecule has 0 radical (unpaired) electrons. The van der Waals surface area contributed by atoms with Crippen LogP contribution < -0.4 is 14.2 Å². The van der Waals surface area contributed by atoms with Gasteiger partial charge in [0.2, 0.25) is 6.23 Å². The van der Waals surface area contributed by atoms with Crippen LogP contribution in [0, 0.1) is 0 Å². The summed E-state index contributed by atoms with van der Waals surface area (Å²) in [6, 6.07) is 22.6. The highest BCUT2D eigenvalue weighted by Gasteiger charge is 2.41. The highest BCUT2D eigenvalue weighted by atomic mass is 79.9. The molecular formula is C27H27BrN2O3. The Morgan fingerprint density at radius 1 is 1.03 bits per heavy atom. The summed E-state index contributed by atoms with van der Waals surface area (Å²) in [5.74, 6) is 2.62. The number of hydrogen-bond donors (Lipinski definition) is 0. The highest BCUT2D eigenvalue weighted by Crippen LogP contribution is 2.48. The van der Waals surface area contributed by atoms with Gasteiger partial charge in [0.05, 0.1) is 25.5 Å². The van der Waals surface area contributed by atoms with Gasteiger partial charge in [0, 0.05) is 22.0 Å². The topological polar surface area (TPSA) is 43.3 Å². The van der Waals surface area contributed by atoms with Crippen LogP contribution in [-0.2, 0) is 0 Å². The van der Waals surface area contributed by atoms with Gasteiger partial charge in [-0.05, 0) is 78.7 Å². The Morgan fingerprint density at radius 3 is 2.52 bits per heavy atom. The highest BCUT2D eigenvalue weighted by molar-refractivity contribution is 9.10. The zero-order valence-electron chi connectivity index (χ0n) is 18.8. The van der Waals surface area contributed by atoms with Crippen molar-refractivity contribution in [3.8, 4) is 17.2 Å². The summed E-state index contributed by atoms with van der Waals surface area (Å²) in [6.45, 7) is 2.90. The molecule has 2 aliphatic heterocycles. The van der Waals surface area contributed by atoms with E-state index in [0.29, 0.717) is 0 Å². The zero-order chi connectivity index (χ0) is 22.8. The number of unbranched alkanes of at least 4 members (excludes halogenated alkanes) is 1. The molecule has 33 heavy (non-hydrogen) atoms. The van der Waals surface area contributed by atoms with Gasteiger partial charge < -0.3 is 14.2 Å². The summed E-state index contributed by atoms with van der Waals surface area (Å²) in [4.78, 5) is 0. The first kappa shape index (κ1) is 21.8. The fourth-order valence-corrected chi connectivity index (χ4v) is 4.68. The molecule has 0 fully saturated rings. The number of halogens is 1. The van der Waals surface area contributed by atoms with Crippen LogP contribution in [0.4, 0.5) is 0 Å². The molecule has 2 aliphatic rings. The van der Waals surface area contributed by atoms with E-state index in [4.69, 9.17) is 19.3 Å². The van der Waals surface area contributed by atoms with Gasteiger partial charge in [-0.25, -0.2) is 5.01 Å². The SMILES string of the molecule is CCCCOc1ccc([C@H]2Oc3ccc(Br)cc3[C@H]3CC(c4ccc(OC)cc4)=NN32)cc1. The Balaban J connectivity index is 1.47. The van der Waals surface area contributed by atoms with Crippen LogP contribution in [-0.4, -0.2) is 24.4 Å². The van der Waals surface area contributed by atoms with E-state index in [1.807, 2.05) is 36.4 Å². The van der Waals surface area contributed by atoms with Crippen LogP contribution in [0.3, 0.4) is 0 Å². The maximum absolute atomic E-state index is 6.48. The Labute approximate surface area is 203 Å². The standard InChI is InChI=1S/C27H27BrN2O3/c1-3-4-15-32-22-12-7-19(8-13-22)27-30-25(23-16-20(28)9-14-26(23)33-27)17-24(29-30)18-5-10-21(31-2)11-6-18/h5-14,16,25,27H,3-4,15,17H2,1-2H3/t25-,27-/m1/s1. The van der Waals surface area contributed by atoms with E-state index in [-0.39, 0.29) is 12.3 Å². The minimum absolute atomic E-state index is 0.105. The predicted molar refractivity (Wildman–Crippen MR) is 133 cm³/mol. The van der Waals surface area contributed by atoms with Crippen molar-refractivity contribution in [1.82, 2.24) is 5.01 Å². The van der Waals surface area contributed by atoms with Gasteiger partial charge in [0.15, 0.2) is 0 Å². The van der Waals surface area contributed by atoms with E-state index in [2.05, 4.69) is 58.2 Å². The fourth-order valence-electron chi connectivity index (χ4n) is 4.30. The van der Waals surface area contributed by atoms with Gasteiger partial charge in [0.1, 0.15) is 17.2 Å². The quantitative estimate of drug-likeness (QED) is 0.327. The van der Waals surface area contributed by atoms with Crippen LogP contribution in [0.1, 0.15) is 55.1 Å². The summed E-state index contributed by atoms with van der Waals surface area (Å²) < 4.78 is 18.7. The van der Waals surface area contributed by atoms with E-state index in [0.717, 1.165) is 70.0 Å². The molecule has 0 aromatic heterocycles. The molecule has 0 bridgehead atoms. The molecule has 2 atom stereocenters. The monoisotopic (exact) mass is 506 g/mol. The third-order valence-corrected chi connectivity index (χ3v) is 6.60. The Bertz CT molecular complexity index is 1150. The molecule has 3 aromatic rings. The maximum Gasteiger partial charge on any atom is 0.213 e. The Morgan fingerprint density at radius 2 is 1.79 bits per heavy atom. The van der Waals surface area contributed by atoms with Crippen molar-refractivity contribution >= 4 is 21.6 Å². The van der Waals surface area contributed by atoms with Crippen LogP contribution in [0.5, 0.6) is 17.2 Å². The van der Waals surface area contributed by atoms with Crippen LogP contribution in [0.25, 0.3) is 0 Å². The molecule has 6 heteroatoms. The predicted octanol–water partition coefficient (Wildman–Crippen LogP) is 6.88. The van der Waals surface area contributed by atoms with E-state index in [9.17, 15) is 0 Å². The number of hydrazone groups is 1. The van der Waals surface area contributed by atoms with Gasteiger partial charge >= 0.3 is 0 Å². The fraction of sp³-hybridized carbons (Fsp3) is 0.296. The van der Waals surface area contributed by atoms with Crippen molar-refractivity contribution in [3.05, 3.63) is 87.9 Å². The lowest BCUT2D eigenvalue weighted by molar-refractivity contribution is -0.0191. The molecule has 2 heterocycles. The molecule has 0 N–H and O–H groups in total. The normalized spacial score (nSPS) is 18.8. The second-order valence-corrected chi connectivity index (χ2v) is 9.21. The van der Waals surface area contributed by atoms with Crippen molar-refractivity contribution in [2.45, 2.75) is 38.5 Å².